The maximum Gasteiger partial charge on any atom is 0.192 e. The van der Waals surface area contributed by atoms with Gasteiger partial charge in [-0.3, -0.25) is 0 Å². The molecule has 20 heavy (non-hydrogen) atoms. The summed E-state index contributed by atoms with van der Waals surface area (Å²) in [7, 11) is 0. The van der Waals surface area contributed by atoms with Crippen molar-refractivity contribution in [1.82, 2.24) is 0 Å². The van der Waals surface area contributed by atoms with E-state index >= 15 is 0 Å². The molecular weight excluding hydrogens is 359 g/mol. The highest BCUT2D eigenvalue weighted by Gasteiger charge is 2.29. The lowest BCUT2D eigenvalue weighted by Crippen LogP contribution is -2.22. The Kier molecular flexibility index (Phi) is 4.90. The van der Waals surface area contributed by atoms with E-state index in [4.69, 9.17) is 3.07 Å². The van der Waals surface area contributed by atoms with Crippen LogP contribution in [0.5, 0.6) is 5.75 Å². The van der Waals surface area contributed by atoms with Crippen molar-refractivity contribution >= 4 is 23.0 Å². The minimum Gasteiger partial charge on any atom is -0.427 e. The summed E-state index contributed by atoms with van der Waals surface area (Å²) >= 11 is 2.02. The Labute approximate surface area is 139 Å². The summed E-state index contributed by atoms with van der Waals surface area (Å²) in [4.78, 5) is 0. The Morgan fingerprint density at radius 3 is 1.25 bits per heavy atom. The molecule has 0 fully saturated rings. The molecule has 0 heterocycles. The van der Waals surface area contributed by atoms with Crippen molar-refractivity contribution < 1.29 is 3.07 Å². The second kappa shape index (κ2) is 5.51. The van der Waals surface area contributed by atoms with E-state index < -0.39 is 0 Å². The van der Waals surface area contributed by atoms with Gasteiger partial charge in [0, 0.05) is 11.1 Å². The third kappa shape index (κ3) is 3.90. The zero-order chi connectivity index (χ0) is 15.9. The van der Waals surface area contributed by atoms with Crippen LogP contribution in [-0.4, -0.2) is 0 Å². The molecular formula is C18H29IO. The van der Waals surface area contributed by atoms with E-state index in [0.29, 0.717) is 0 Å². The first-order valence-corrected chi connectivity index (χ1v) is 8.14. The third-order valence-corrected chi connectivity index (χ3v) is 4.09. The van der Waals surface area contributed by atoms with E-state index in [9.17, 15) is 0 Å². The van der Waals surface area contributed by atoms with E-state index in [0.717, 1.165) is 5.75 Å². The first-order valence-electron chi connectivity index (χ1n) is 7.26. The van der Waals surface area contributed by atoms with Gasteiger partial charge in [-0.05, 0) is 21.8 Å². The first-order chi connectivity index (χ1) is 8.78. The second-order valence-electron chi connectivity index (χ2n) is 8.73. The molecule has 0 aromatic heterocycles. The molecule has 0 spiro atoms. The van der Waals surface area contributed by atoms with Crippen LogP contribution in [0.15, 0.2) is 12.1 Å². The summed E-state index contributed by atoms with van der Waals surface area (Å²) in [6, 6.07) is 4.65. The van der Waals surface area contributed by atoms with Crippen LogP contribution in [0.4, 0.5) is 0 Å². The first kappa shape index (κ1) is 17.8. The van der Waals surface area contributed by atoms with Gasteiger partial charge in [0.05, 0.1) is 0 Å². The fourth-order valence-electron chi connectivity index (χ4n) is 2.26. The van der Waals surface area contributed by atoms with Crippen LogP contribution >= 0.6 is 23.0 Å². The Bertz CT molecular complexity index is 447. The number of hydrogen-bond acceptors (Lipinski definition) is 1. The predicted molar refractivity (Wildman–Crippen MR) is 97.2 cm³/mol. The summed E-state index contributed by atoms with van der Waals surface area (Å²) in [5, 5.41) is 0. The molecule has 1 aromatic rings. The predicted octanol–water partition coefficient (Wildman–Crippen LogP) is 6.31. The monoisotopic (exact) mass is 388 g/mol. The van der Waals surface area contributed by atoms with Gasteiger partial charge in [0.25, 0.3) is 0 Å². The van der Waals surface area contributed by atoms with E-state index in [1.165, 1.54) is 16.7 Å². The van der Waals surface area contributed by atoms with Crippen LogP contribution in [0.1, 0.15) is 79.0 Å². The van der Waals surface area contributed by atoms with Gasteiger partial charge in [-0.2, -0.15) is 0 Å². The fourth-order valence-corrected chi connectivity index (χ4v) is 2.73. The lowest BCUT2D eigenvalue weighted by Gasteiger charge is -2.32. The summed E-state index contributed by atoms with van der Waals surface area (Å²) in [5.74, 6) is 1.04. The Morgan fingerprint density at radius 2 is 1.05 bits per heavy atom. The minimum atomic E-state index is 0.0712. The van der Waals surface area contributed by atoms with E-state index in [1.54, 1.807) is 0 Å². The minimum absolute atomic E-state index is 0.0712. The number of halogens is 1. The van der Waals surface area contributed by atoms with Gasteiger partial charge >= 0.3 is 0 Å². The van der Waals surface area contributed by atoms with Gasteiger partial charge < -0.3 is 3.07 Å². The molecule has 0 aliphatic carbocycles. The smallest absolute Gasteiger partial charge is 0.192 e. The summed E-state index contributed by atoms with van der Waals surface area (Å²) in [5.41, 5.74) is 4.26. The van der Waals surface area contributed by atoms with Crippen molar-refractivity contribution in [1.29, 1.82) is 0 Å². The van der Waals surface area contributed by atoms with Gasteiger partial charge in [0.15, 0.2) is 23.0 Å². The van der Waals surface area contributed by atoms with E-state index in [2.05, 4.69) is 74.4 Å². The van der Waals surface area contributed by atoms with Crippen LogP contribution in [0.25, 0.3) is 0 Å². The molecule has 0 unspecified atom stereocenters. The fraction of sp³-hybridized carbons (Fsp3) is 0.667. The SMILES string of the molecule is CC(C)(C)c1cc(C(C)(C)C)c(OI)c(C(C)(C)C)c1. The normalized spacial score (nSPS) is 13.5. The zero-order valence-corrected chi connectivity index (χ0v) is 16.6. The van der Waals surface area contributed by atoms with Gasteiger partial charge in [-0.25, -0.2) is 0 Å². The molecule has 0 saturated carbocycles. The standard InChI is InChI=1S/C18H29IO/c1-16(2,3)12-10-13(17(4,5)6)15(20-19)14(11-12)18(7,8)9/h10-11H,1-9H3. The van der Waals surface area contributed by atoms with Crippen LogP contribution in [0, 0.1) is 0 Å². The lowest BCUT2D eigenvalue weighted by atomic mass is 9.75. The molecule has 1 rings (SSSR count). The van der Waals surface area contributed by atoms with Crippen LogP contribution in [0.2, 0.25) is 0 Å². The molecule has 2 heteroatoms. The van der Waals surface area contributed by atoms with Gasteiger partial charge in [-0.1, -0.05) is 74.4 Å². The molecule has 0 radical (unpaired) electrons. The van der Waals surface area contributed by atoms with Crippen molar-refractivity contribution in [2.24, 2.45) is 0 Å². The van der Waals surface area contributed by atoms with Gasteiger partial charge in [0.1, 0.15) is 5.75 Å². The maximum atomic E-state index is 5.77. The molecule has 1 aromatic carbocycles. The van der Waals surface area contributed by atoms with E-state index in [-0.39, 0.29) is 16.2 Å². The molecule has 0 N–H and O–H groups in total. The molecule has 0 bridgehead atoms. The topological polar surface area (TPSA) is 9.23 Å². The van der Waals surface area contributed by atoms with Crippen molar-refractivity contribution in [3.05, 3.63) is 28.8 Å². The zero-order valence-electron chi connectivity index (χ0n) is 14.4. The highest BCUT2D eigenvalue weighted by molar-refractivity contribution is 14.1. The molecule has 0 amide bonds. The summed E-state index contributed by atoms with van der Waals surface area (Å²) < 4.78 is 5.77. The lowest BCUT2D eigenvalue weighted by molar-refractivity contribution is 0.516. The highest BCUT2D eigenvalue weighted by atomic mass is 127. The van der Waals surface area contributed by atoms with Crippen LogP contribution in [-0.2, 0) is 16.2 Å². The third-order valence-electron chi connectivity index (χ3n) is 3.65. The van der Waals surface area contributed by atoms with Crippen molar-refractivity contribution in [2.45, 2.75) is 78.6 Å². The average Bonchev–Trinajstić information content (AvgIpc) is 2.23. The summed E-state index contributed by atoms with van der Waals surface area (Å²) in [6.07, 6.45) is 0. The highest BCUT2D eigenvalue weighted by Crippen LogP contribution is 2.43. The van der Waals surface area contributed by atoms with Crippen LogP contribution in [0.3, 0.4) is 0 Å². The van der Waals surface area contributed by atoms with E-state index in [1.807, 2.05) is 23.0 Å². The van der Waals surface area contributed by atoms with Crippen molar-refractivity contribution in [3.63, 3.8) is 0 Å². The molecule has 0 aliphatic heterocycles. The van der Waals surface area contributed by atoms with Crippen molar-refractivity contribution in [3.8, 4) is 5.75 Å². The largest absolute Gasteiger partial charge is 0.427 e. The second-order valence-corrected chi connectivity index (χ2v) is 9.17. The average molecular weight is 388 g/mol. The molecule has 1 nitrogen and oxygen atoms in total. The maximum absolute atomic E-state index is 5.77. The van der Waals surface area contributed by atoms with Gasteiger partial charge in [-0.15, -0.1) is 0 Å². The molecule has 0 aliphatic rings. The van der Waals surface area contributed by atoms with Crippen LogP contribution < -0.4 is 3.07 Å². The Hall–Kier alpha value is -0.250. The quantitative estimate of drug-likeness (QED) is 0.513. The van der Waals surface area contributed by atoms with Crippen molar-refractivity contribution in [2.75, 3.05) is 0 Å². The number of benzene rings is 1. The number of rotatable bonds is 1. The number of hydrogen-bond donors (Lipinski definition) is 0. The summed E-state index contributed by atoms with van der Waals surface area (Å²) in [6.45, 7) is 20.3. The molecule has 114 valence electrons. The molecule has 0 saturated heterocycles. The van der Waals surface area contributed by atoms with Gasteiger partial charge in [0.2, 0.25) is 0 Å². The molecule has 0 atom stereocenters. The Morgan fingerprint density at radius 1 is 0.700 bits per heavy atom. The Balaban J connectivity index is 3.75.